The zero-order valence-corrected chi connectivity index (χ0v) is 10.2. The molecule has 1 aromatic heterocycles. The third kappa shape index (κ3) is 3.43. The van der Waals surface area contributed by atoms with Gasteiger partial charge in [-0.25, -0.2) is 4.98 Å². The van der Waals surface area contributed by atoms with E-state index in [-0.39, 0.29) is 0 Å². The summed E-state index contributed by atoms with van der Waals surface area (Å²) in [6, 6.07) is 11.5. The summed E-state index contributed by atoms with van der Waals surface area (Å²) in [6.45, 7) is 0.760. The van der Waals surface area contributed by atoms with Crippen molar-refractivity contribution in [3.8, 4) is 5.88 Å². The van der Waals surface area contributed by atoms with E-state index in [0.717, 1.165) is 5.56 Å². The number of nitrogens with two attached hydrogens (primary N) is 1. The van der Waals surface area contributed by atoms with Gasteiger partial charge in [-0.3, -0.25) is 0 Å². The van der Waals surface area contributed by atoms with E-state index in [1.807, 2.05) is 30.3 Å². The second kappa shape index (κ2) is 5.97. The van der Waals surface area contributed by atoms with E-state index in [4.69, 9.17) is 15.2 Å². The van der Waals surface area contributed by atoms with Crippen LogP contribution in [0.5, 0.6) is 5.88 Å². The van der Waals surface area contributed by atoms with E-state index >= 15 is 0 Å². The minimum Gasteiger partial charge on any atom is -0.473 e. The van der Waals surface area contributed by atoms with Gasteiger partial charge in [0, 0.05) is 13.2 Å². The average molecular weight is 245 g/mol. The highest BCUT2D eigenvalue weighted by atomic mass is 16.5. The fourth-order valence-corrected chi connectivity index (χ4v) is 1.49. The van der Waals surface area contributed by atoms with Crippen LogP contribution in [0.1, 0.15) is 11.4 Å². The molecule has 0 atom stereocenters. The largest absolute Gasteiger partial charge is 0.473 e. The number of hydrogen-bond acceptors (Lipinski definition) is 5. The summed E-state index contributed by atoms with van der Waals surface area (Å²) >= 11 is 0. The Kier molecular flexibility index (Phi) is 4.09. The SMILES string of the molecule is COCc1nc(N)cc(OCc2ccccc2)n1. The standard InChI is InChI=1S/C13H15N3O2/c1-17-9-12-15-11(14)7-13(16-12)18-8-10-5-3-2-4-6-10/h2-7H,8-9H2,1H3,(H2,14,15,16). The van der Waals surface area contributed by atoms with Gasteiger partial charge in [0.25, 0.3) is 0 Å². The molecular formula is C13H15N3O2. The molecule has 5 nitrogen and oxygen atoms in total. The number of methoxy groups -OCH3 is 1. The van der Waals surface area contributed by atoms with Crippen LogP contribution in [0.2, 0.25) is 0 Å². The fraction of sp³-hybridized carbons (Fsp3) is 0.231. The Morgan fingerprint density at radius 2 is 1.89 bits per heavy atom. The molecule has 0 fully saturated rings. The maximum absolute atomic E-state index is 5.67. The molecule has 0 unspecified atom stereocenters. The Bertz CT molecular complexity index is 503. The number of hydrogen-bond donors (Lipinski definition) is 1. The summed E-state index contributed by atoms with van der Waals surface area (Å²) in [5.41, 5.74) is 6.74. The third-order valence-electron chi connectivity index (χ3n) is 2.27. The van der Waals surface area contributed by atoms with Gasteiger partial charge in [-0.2, -0.15) is 4.98 Å². The molecule has 2 N–H and O–H groups in total. The molecule has 18 heavy (non-hydrogen) atoms. The number of ether oxygens (including phenoxy) is 2. The lowest BCUT2D eigenvalue weighted by molar-refractivity contribution is 0.176. The Morgan fingerprint density at radius 1 is 1.11 bits per heavy atom. The van der Waals surface area contributed by atoms with E-state index < -0.39 is 0 Å². The van der Waals surface area contributed by atoms with E-state index in [0.29, 0.717) is 30.7 Å². The summed E-state index contributed by atoms with van der Waals surface area (Å²) in [6.07, 6.45) is 0. The lowest BCUT2D eigenvalue weighted by atomic mass is 10.2. The van der Waals surface area contributed by atoms with Gasteiger partial charge < -0.3 is 15.2 Å². The van der Waals surface area contributed by atoms with Gasteiger partial charge in [-0.1, -0.05) is 30.3 Å². The van der Waals surface area contributed by atoms with Crippen LogP contribution in [0.25, 0.3) is 0 Å². The van der Waals surface area contributed by atoms with Crippen LogP contribution >= 0.6 is 0 Å². The minimum absolute atomic E-state index is 0.312. The van der Waals surface area contributed by atoms with Crippen molar-refractivity contribution in [3.05, 3.63) is 47.8 Å². The van der Waals surface area contributed by atoms with Crippen molar-refractivity contribution in [2.24, 2.45) is 0 Å². The smallest absolute Gasteiger partial charge is 0.219 e. The minimum atomic E-state index is 0.312. The molecule has 0 aliphatic carbocycles. The first kappa shape index (κ1) is 12.3. The number of nitrogen functional groups attached to an aromatic ring is 1. The van der Waals surface area contributed by atoms with Crippen molar-refractivity contribution in [1.29, 1.82) is 0 Å². The van der Waals surface area contributed by atoms with Gasteiger partial charge in [0.2, 0.25) is 5.88 Å². The van der Waals surface area contributed by atoms with Crippen LogP contribution in [0.4, 0.5) is 5.82 Å². The predicted molar refractivity (Wildman–Crippen MR) is 67.9 cm³/mol. The van der Waals surface area contributed by atoms with Gasteiger partial charge in [0.15, 0.2) is 5.82 Å². The molecule has 2 aromatic rings. The molecule has 0 spiro atoms. The van der Waals surface area contributed by atoms with Crippen molar-refractivity contribution in [1.82, 2.24) is 9.97 Å². The summed E-state index contributed by atoms with van der Waals surface area (Å²) in [5, 5.41) is 0. The van der Waals surface area contributed by atoms with Crippen molar-refractivity contribution in [2.45, 2.75) is 13.2 Å². The van der Waals surface area contributed by atoms with Gasteiger partial charge in [-0.05, 0) is 5.56 Å². The Morgan fingerprint density at radius 3 is 2.61 bits per heavy atom. The van der Waals surface area contributed by atoms with Crippen molar-refractivity contribution in [3.63, 3.8) is 0 Å². The van der Waals surface area contributed by atoms with E-state index in [1.54, 1.807) is 13.2 Å². The molecule has 94 valence electrons. The zero-order valence-electron chi connectivity index (χ0n) is 10.2. The molecular weight excluding hydrogens is 230 g/mol. The maximum Gasteiger partial charge on any atom is 0.219 e. The second-order valence-corrected chi connectivity index (χ2v) is 3.75. The molecule has 0 saturated heterocycles. The fourth-order valence-electron chi connectivity index (χ4n) is 1.49. The van der Waals surface area contributed by atoms with Gasteiger partial charge in [0.05, 0.1) is 0 Å². The summed E-state index contributed by atoms with van der Waals surface area (Å²) in [4.78, 5) is 8.24. The molecule has 0 amide bonds. The third-order valence-corrected chi connectivity index (χ3v) is 2.27. The molecule has 2 rings (SSSR count). The van der Waals surface area contributed by atoms with Gasteiger partial charge in [0.1, 0.15) is 19.0 Å². The lowest BCUT2D eigenvalue weighted by Gasteiger charge is -2.07. The molecule has 1 aromatic carbocycles. The highest BCUT2D eigenvalue weighted by Gasteiger charge is 2.03. The first-order valence-corrected chi connectivity index (χ1v) is 5.57. The first-order chi connectivity index (χ1) is 8.78. The first-order valence-electron chi connectivity index (χ1n) is 5.57. The normalized spacial score (nSPS) is 10.3. The number of benzene rings is 1. The maximum atomic E-state index is 5.67. The van der Waals surface area contributed by atoms with Crippen LogP contribution in [-0.2, 0) is 18.0 Å². The van der Waals surface area contributed by atoms with Crippen LogP contribution in [0.15, 0.2) is 36.4 Å². The molecule has 0 radical (unpaired) electrons. The summed E-state index contributed by atoms with van der Waals surface area (Å²) < 4.78 is 10.5. The Hall–Kier alpha value is -2.14. The van der Waals surface area contributed by atoms with E-state index in [1.165, 1.54) is 0 Å². The van der Waals surface area contributed by atoms with Crippen LogP contribution in [-0.4, -0.2) is 17.1 Å². The second-order valence-electron chi connectivity index (χ2n) is 3.75. The van der Waals surface area contributed by atoms with Gasteiger partial charge >= 0.3 is 0 Å². The lowest BCUT2D eigenvalue weighted by Crippen LogP contribution is -2.04. The van der Waals surface area contributed by atoms with Crippen molar-refractivity contribution >= 4 is 5.82 Å². The van der Waals surface area contributed by atoms with Crippen molar-refractivity contribution < 1.29 is 9.47 Å². The summed E-state index contributed by atoms with van der Waals surface area (Å²) in [5.74, 6) is 1.35. The number of nitrogens with zero attached hydrogens (tertiary/aromatic N) is 2. The Balaban J connectivity index is 2.05. The zero-order chi connectivity index (χ0) is 12.8. The molecule has 0 saturated carbocycles. The molecule has 0 aliphatic heterocycles. The van der Waals surface area contributed by atoms with Gasteiger partial charge in [-0.15, -0.1) is 0 Å². The number of anilines is 1. The van der Waals surface area contributed by atoms with Crippen LogP contribution < -0.4 is 10.5 Å². The molecule has 1 heterocycles. The molecule has 0 aliphatic rings. The molecule has 5 heteroatoms. The Labute approximate surface area is 106 Å². The van der Waals surface area contributed by atoms with Crippen LogP contribution in [0.3, 0.4) is 0 Å². The quantitative estimate of drug-likeness (QED) is 0.869. The predicted octanol–water partition coefficient (Wildman–Crippen LogP) is 1.78. The van der Waals surface area contributed by atoms with E-state index in [2.05, 4.69) is 9.97 Å². The monoisotopic (exact) mass is 245 g/mol. The topological polar surface area (TPSA) is 70.3 Å². The van der Waals surface area contributed by atoms with Crippen LogP contribution in [0, 0.1) is 0 Å². The highest BCUT2D eigenvalue weighted by molar-refractivity contribution is 5.32. The van der Waals surface area contributed by atoms with Crippen molar-refractivity contribution in [2.75, 3.05) is 12.8 Å². The number of aromatic nitrogens is 2. The highest BCUT2D eigenvalue weighted by Crippen LogP contribution is 2.13. The molecule has 0 bridgehead atoms. The number of rotatable bonds is 5. The summed E-state index contributed by atoms with van der Waals surface area (Å²) in [7, 11) is 1.58. The van der Waals surface area contributed by atoms with E-state index in [9.17, 15) is 0 Å². The average Bonchev–Trinajstić information content (AvgIpc) is 2.37.